The lowest BCUT2D eigenvalue weighted by Gasteiger charge is -2.27. The van der Waals surface area contributed by atoms with Gasteiger partial charge in [-0.3, -0.25) is 9.69 Å². The summed E-state index contributed by atoms with van der Waals surface area (Å²) in [5.74, 6) is -0.471. The number of ether oxygens (including phenoxy) is 1. The molecule has 1 saturated carbocycles. The standard InChI is InChI=1S/C16H20N2O3/c1-18(10-12-5-3-11(9-17)4-6-12)14-7-13(8-15(14)19)16(20)21-2/h3-6,13-15,19H,7-8,10H2,1-2H3/t13-,14+,15-/m0/s1. The third kappa shape index (κ3) is 3.60. The first-order valence-electron chi connectivity index (χ1n) is 7.00. The summed E-state index contributed by atoms with van der Waals surface area (Å²) in [6, 6.07) is 9.43. The predicted octanol–water partition coefficient (Wildman–Crippen LogP) is 1.30. The van der Waals surface area contributed by atoms with Crippen molar-refractivity contribution in [1.29, 1.82) is 5.26 Å². The van der Waals surface area contributed by atoms with Gasteiger partial charge in [-0.05, 0) is 37.6 Å². The number of nitrogens with zero attached hydrogens (tertiary/aromatic N) is 2. The topological polar surface area (TPSA) is 73.6 Å². The van der Waals surface area contributed by atoms with Crippen LogP contribution in [0.2, 0.25) is 0 Å². The third-order valence-electron chi connectivity index (χ3n) is 4.11. The van der Waals surface area contributed by atoms with Crippen LogP contribution in [0.15, 0.2) is 24.3 Å². The minimum atomic E-state index is -0.516. The molecule has 0 heterocycles. The summed E-state index contributed by atoms with van der Waals surface area (Å²) in [6.45, 7) is 0.668. The molecule has 2 rings (SSSR count). The van der Waals surface area contributed by atoms with Gasteiger partial charge in [0.2, 0.25) is 0 Å². The summed E-state index contributed by atoms with van der Waals surface area (Å²) in [7, 11) is 3.31. The van der Waals surface area contributed by atoms with Gasteiger partial charge in [0.15, 0.2) is 0 Å². The number of aliphatic hydroxyl groups excluding tert-OH is 1. The van der Waals surface area contributed by atoms with Crippen molar-refractivity contribution in [2.45, 2.75) is 31.5 Å². The molecule has 5 heteroatoms. The maximum Gasteiger partial charge on any atom is 0.308 e. The SMILES string of the molecule is COC(=O)[C@H]1C[C@@H](N(C)Cc2ccc(C#N)cc2)[C@@H](O)C1. The Balaban J connectivity index is 1.98. The van der Waals surface area contributed by atoms with Crippen molar-refractivity contribution in [2.75, 3.05) is 14.2 Å². The van der Waals surface area contributed by atoms with Crippen LogP contribution in [-0.4, -0.2) is 42.3 Å². The lowest BCUT2D eigenvalue weighted by Crippen LogP contribution is -2.37. The van der Waals surface area contributed by atoms with Crippen LogP contribution in [0, 0.1) is 17.2 Å². The maximum absolute atomic E-state index is 11.6. The molecule has 0 saturated heterocycles. The van der Waals surface area contributed by atoms with E-state index in [9.17, 15) is 9.90 Å². The summed E-state index contributed by atoms with van der Waals surface area (Å²) in [5, 5.41) is 18.9. The molecule has 1 aromatic rings. The molecule has 0 bridgehead atoms. The zero-order valence-electron chi connectivity index (χ0n) is 12.3. The molecule has 112 valence electrons. The van der Waals surface area contributed by atoms with Gasteiger partial charge in [-0.15, -0.1) is 0 Å². The molecule has 1 fully saturated rings. The van der Waals surface area contributed by atoms with E-state index >= 15 is 0 Å². The van der Waals surface area contributed by atoms with Crippen molar-refractivity contribution >= 4 is 5.97 Å². The van der Waals surface area contributed by atoms with Gasteiger partial charge in [0.05, 0.1) is 30.8 Å². The van der Waals surface area contributed by atoms with Gasteiger partial charge in [0, 0.05) is 12.6 Å². The second kappa shape index (κ2) is 6.70. The molecule has 1 aromatic carbocycles. The molecule has 0 aromatic heterocycles. The second-order valence-corrected chi connectivity index (χ2v) is 5.55. The van der Waals surface area contributed by atoms with Crippen molar-refractivity contribution in [3.63, 3.8) is 0 Å². The summed E-state index contributed by atoms with van der Waals surface area (Å²) >= 11 is 0. The molecule has 1 aliphatic carbocycles. The van der Waals surface area contributed by atoms with Crippen molar-refractivity contribution < 1.29 is 14.6 Å². The molecule has 21 heavy (non-hydrogen) atoms. The Labute approximate surface area is 124 Å². The molecule has 1 N–H and O–H groups in total. The molecule has 0 radical (unpaired) electrons. The van der Waals surface area contributed by atoms with Gasteiger partial charge in [0.25, 0.3) is 0 Å². The van der Waals surface area contributed by atoms with Crippen molar-refractivity contribution in [3.05, 3.63) is 35.4 Å². The smallest absolute Gasteiger partial charge is 0.308 e. The van der Waals surface area contributed by atoms with Crippen LogP contribution in [0.25, 0.3) is 0 Å². The van der Waals surface area contributed by atoms with E-state index in [1.807, 2.05) is 19.2 Å². The maximum atomic E-state index is 11.6. The lowest BCUT2D eigenvalue weighted by atomic mass is 10.1. The van der Waals surface area contributed by atoms with E-state index in [2.05, 4.69) is 11.0 Å². The van der Waals surface area contributed by atoms with E-state index in [-0.39, 0.29) is 17.9 Å². The van der Waals surface area contributed by atoms with Crippen LogP contribution >= 0.6 is 0 Å². The first-order chi connectivity index (χ1) is 10.0. The number of carbonyl (C=O) groups is 1. The highest BCUT2D eigenvalue weighted by Crippen LogP contribution is 2.30. The third-order valence-corrected chi connectivity index (χ3v) is 4.11. The fourth-order valence-corrected chi connectivity index (χ4v) is 2.92. The van der Waals surface area contributed by atoms with Crippen LogP contribution in [0.3, 0.4) is 0 Å². The summed E-state index contributed by atoms with van der Waals surface area (Å²) in [6.07, 6.45) is 0.549. The lowest BCUT2D eigenvalue weighted by molar-refractivity contribution is -0.145. The van der Waals surface area contributed by atoms with Gasteiger partial charge in [0.1, 0.15) is 0 Å². The zero-order chi connectivity index (χ0) is 15.4. The highest BCUT2D eigenvalue weighted by atomic mass is 16.5. The fourth-order valence-electron chi connectivity index (χ4n) is 2.92. The Morgan fingerprint density at radius 1 is 1.43 bits per heavy atom. The number of benzene rings is 1. The Hall–Kier alpha value is -1.90. The summed E-state index contributed by atoms with van der Waals surface area (Å²) in [4.78, 5) is 13.6. The van der Waals surface area contributed by atoms with Gasteiger partial charge in [-0.1, -0.05) is 12.1 Å². The van der Waals surface area contributed by atoms with Gasteiger partial charge in [-0.25, -0.2) is 0 Å². The number of carbonyl (C=O) groups excluding carboxylic acids is 1. The minimum absolute atomic E-state index is 0.0512. The highest BCUT2D eigenvalue weighted by molar-refractivity contribution is 5.72. The Kier molecular flexibility index (Phi) is 4.94. The van der Waals surface area contributed by atoms with E-state index in [1.165, 1.54) is 7.11 Å². The molecule has 3 atom stereocenters. The van der Waals surface area contributed by atoms with Crippen molar-refractivity contribution in [1.82, 2.24) is 4.90 Å². The molecule has 0 spiro atoms. The Morgan fingerprint density at radius 2 is 2.10 bits per heavy atom. The van der Waals surface area contributed by atoms with Crippen molar-refractivity contribution in [3.8, 4) is 6.07 Å². The molecule has 0 unspecified atom stereocenters. The van der Waals surface area contributed by atoms with Crippen LogP contribution in [0.5, 0.6) is 0 Å². The highest BCUT2D eigenvalue weighted by Gasteiger charge is 2.39. The average molecular weight is 288 g/mol. The summed E-state index contributed by atoms with van der Waals surface area (Å²) in [5.41, 5.74) is 1.71. The first kappa shape index (κ1) is 15.5. The first-order valence-corrected chi connectivity index (χ1v) is 7.00. The number of hydrogen-bond acceptors (Lipinski definition) is 5. The average Bonchev–Trinajstić information content (AvgIpc) is 2.89. The summed E-state index contributed by atoms with van der Waals surface area (Å²) < 4.78 is 4.76. The largest absolute Gasteiger partial charge is 0.469 e. The number of likely N-dealkylation sites (N-methyl/N-ethyl adjacent to an activating group) is 1. The minimum Gasteiger partial charge on any atom is -0.469 e. The molecule has 1 aliphatic rings. The van der Waals surface area contributed by atoms with E-state index in [1.54, 1.807) is 12.1 Å². The Bertz CT molecular complexity index is 535. The molecule has 0 aliphatic heterocycles. The van der Waals surface area contributed by atoms with Crippen LogP contribution < -0.4 is 0 Å². The number of hydrogen-bond donors (Lipinski definition) is 1. The van der Waals surface area contributed by atoms with Crippen LogP contribution in [0.4, 0.5) is 0 Å². The molecule has 5 nitrogen and oxygen atoms in total. The van der Waals surface area contributed by atoms with Gasteiger partial charge >= 0.3 is 5.97 Å². The molecular formula is C16H20N2O3. The van der Waals surface area contributed by atoms with E-state index in [4.69, 9.17) is 10.00 Å². The number of aliphatic hydroxyl groups is 1. The van der Waals surface area contributed by atoms with E-state index < -0.39 is 6.10 Å². The molecule has 0 amide bonds. The number of esters is 1. The quantitative estimate of drug-likeness (QED) is 0.845. The van der Waals surface area contributed by atoms with Crippen molar-refractivity contribution in [2.24, 2.45) is 5.92 Å². The second-order valence-electron chi connectivity index (χ2n) is 5.55. The predicted molar refractivity (Wildman–Crippen MR) is 77.2 cm³/mol. The number of methoxy groups -OCH3 is 1. The Morgan fingerprint density at radius 3 is 2.67 bits per heavy atom. The zero-order valence-corrected chi connectivity index (χ0v) is 12.3. The number of rotatable bonds is 4. The molecular weight excluding hydrogens is 268 g/mol. The van der Waals surface area contributed by atoms with Gasteiger partial charge in [-0.2, -0.15) is 5.26 Å². The van der Waals surface area contributed by atoms with Crippen LogP contribution in [-0.2, 0) is 16.1 Å². The fraction of sp³-hybridized carbons (Fsp3) is 0.500. The van der Waals surface area contributed by atoms with E-state index in [0.717, 1.165) is 5.56 Å². The van der Waals surface area contributed by atoms with E-state index in [0.29, 0.717) is 24.9 Å². The van der Waals surface area contributed by atoms with Gasteiger partial charge < -0.3 is 9.84 Å². The number of nitriles is 1. The normalized spacial score (nSPS) is 24.8. The van der Waals surface area contributed by atoms with Crippen LogP contribution in [0.1, 0.15) is 24.0 Å². The monoisotopic (exact) mass is 288 g/mol.